The van der Waals surface area contributed by atoms with Crippen LogP contribution in [0.2, 0.25) is 0 Å². The van der Waals surface area contributed by atoms with Crippen molar-refractivity contribution in [3.05, 3.63) is 83.9 Å². The molecule has 0 fully saturated rings. The van der Waals surface area contributed by atoms with Gasteiger partial charge in [-0.1, -0.05) is 6.07 Å². The Kier molecular flexibility index (Phi) is 5.44. The largest absolute Gasteiger partial charge is 0.459 e. The molecule has 4 aromatic rings. The quantitative estimate of drug-likeness (QED) is 0.501. The Morgan fingerprint density at radius 1 is 0.966 bits per heavy atom. The number of aromatic nitrogens is 2. The lowest BCUT2D eigenvalue weighted by Gasteiger charge is -2.07. The number of hydrogen-bond donors (Lipinski definition) is 2. The molecule has 3 aromatic heterocycles. The zero-order chi connectivity index (χ0) is 20.1. The van der Waals surface area contributed by atoms with Crippen LogP contribution in [-0.2, 0) is 11.2 Å². The Morgan fingerprint density at radius 2 is 1.76 bits per heavy atom. The van der Waals surface area contributed by atoms with Gasteiger partial charge in [-0.15, -0.1) is 11.3 Å². The summed E-state index contributed by atoms with van der Waals surface area (Å²) in [7, 11) is 0. The molecule has 0 spiro atoms. The van der Waals surface area contributed by atoms with Gasteiger partial charge in [-0.3, -0.25) is 14.6 Å². The third kappa shape index (κ3) is 4.74. The van der Waals surface area contributed by atoms with E-state index in [1.807, 2.05) is 23.6 Å². The number of pyridine rings is 1. The van der Waals surface area contributed by atoms with Gasteiger partial charge in [0, 0.05) is 23.0 Å². The number of rotatable bonds is 6. The standard InChI is InChI=1S/C21H16N4O3S/c26-19(12-16-13-29-21(25-16)17-4-1-2-10-22-17)23-14-6-8-15(9-7-14)24-20(27)18-5-3-11-28-18/h1-11,13H,12H2,(H,23,26)(H,24,27). The van der Waals surface area contributed by atoms with E-state index in [2.05, 4.69) is 20.6 Å². The fraction of sp³-hybridized carbons (Fsp3) is 0.0476. The Bertz CT molecular complexity index is 1110. The fourth-order valence-electron chi connectivity index (χ4n) is 2.60. The van der Waals surface area contributed by atoms with Gasteiger partial charge >= 0.3 is 0 Å². The molecule has 0 radical (unpaired) electrons. The van der Waals surface area contributed by atoms with Crippen molar-refractivity contribution in [1.29, 1.82) is 0 Å². The van der Waals surface area contributed by atoms with E-state index in [4.69, 9.17) is 4.42 Å². The molecule has 2 amide bonds. The van der Waals surface area contributed by atoms with Gasteiger partial charge in [-0.05, 0) is 48.5 Å². The molecule has 144 valence electrons. The lowest BCUT2D eigenvalue weighted by atomic mass is 10.2. The summed E-state index contributed by atoms with van der Waals surface area (Å²) in [6.07, 6.45) is 3.32. The van der Waals surface area contributed by atoms with E-state index in [-0.39, 0.29) is 24.0 Å². The number of benzene rings is 1. The number of anilines is 2. The summed E-state index contributed by atoms with van der Waals surface area (Å²) in [5.74, 6) is -0.273. The van der Waals surface area contributed by atoms with E-state index in [0.29, 0.717) is 17.1 Å². The highest BCUT2D eigenvalue weighted by Crippen LogP contribution is 2.22. The van der Waals surface area contributed by atoms with Gasteiger partial charge in [-0.2, -0.15) is 0 Å². The third-order valence-corrected chi connectivity index (χ3v) is 4.86. The fourth-order valence-corrected chi connectivity index (χ4v) is 3.40. The maximum atomic E-state index is 12.3. The molecule has 0 aliphatic rings. The van der Waals surface area contributed by atoms with Crippen molar-refractivity contribution in [2.75, 3.05) is 10.6 Å². The molecule has 0 aliphatic carbocycles. The Hall–Kier alpha value is -3.78. The second-order valence-electron chi connectivity index (χ2n) is 6.09. The van der Waals surface area contributed by atoms with Crippen molar-refractivity contribution in [1.82, 2.24) is 9.97 Å². The van der Waals surface area contributed by atoms with E-state index in [0.717, 1.165) is 10.7 Å². The first-order valence-corrected chi connectivity index (χ1v) is 9.66. The molecule has 0 aliphatic heterocycles. The summed E-state index contributed by atoms with van der Waals surface area (Å²) in [5, 5.41) is 8.19. The van der Waals surface area contributed by atoms with Crippen LogP contribution >= 0.6 is 11.3 Å². The highest BCUT2D eigenvalue weighted by atomic mass is 32.1. The van der Waals surface area contributed by atoms with Gasteiger partial charge in [0.05, 0.1) is 24.1 Å². The summed E-state index contributed by atoms with van der Waals surface area (Å²) in [5.41, 5.74) is 2.71. The zero-order valence-electron chi connectivity index (χ0n) is 15.2. The summed E-state index contributed by atoms with van der Waals surface area (Å²) in [6.45, 7) is 0. The predicted molar refractivity (Wildman–Crippen MR) is 111 cm³/mol. The van der Waals surface area contributed by atoms with Gasteiger partial charge in [0.2, 0.25) is 5.91 Å². The van der Waals surface area contributed by atoms with Crippen molar-refractivity contribution < 1.29 is 14.0 Å². The van der Waals surface area contributed by atoms with Crippen LogP contribution in [-0.4, -0.2) is 21.8 Å². The number of amides is 2. The van der Waals surface area contributed by atoms with Crippen LogP contribution in [0.15, 0.2) is 76.9 Å². The topological polar surface area (TPSA) is 97.1 Å². The minimum absolute atomic E-state index is 0.167. The molecule has 1 aromatic carbocycles. The van der Waals surface area contributed by atoms with Gasteiger partial charge in [-0.25, -0.2) is 4.98 Å². The van der Waals surface area contributed by atoms with E-state index in [1.54, 1.807) is 42.6 Å². The maximum Gasteiger partial charge on any atom is 0.291 e. The zero-order valence-corrected chi connectivity index (χ0v) is 16.0. The monoisotopic (exact) mass is 404 g/mol. The molecule has 7 nitrogen and oxygen atoms in total. The van der Waals surface area contributed by atoms with Crippen LogP contribution in [0.3, 0.4) is 0 Å². The highest BCUT2D eigenvalue weighted by Gasteiger charge is 2.11. The Labute approximate surface area is 170 Å². The molecule has 4 rings (SSSR count). The molecule has 2 N–H and O–H groups in total. The lowest BCUT2D eigenvalue weighted by molar-refractivity contribution is -0.115. The number of carbonyl (C=O) groups excluding carboxylic acids is 2. The molecule has 29 heavy (non-hydrogen) atoms. The Balaban J connectivity index is 1.33. The molecule has 8 heteroatoms. The van der Waals surface area contributed by atoms with Crippen molar-refractivity contribution in [3.63, 3.8) is 0 Å². The number of furan rings is 1. The van der Waals surface area contributed by atoms with Gasteiger partial charge < -0.3 is 15.1 Å². The second-order valence-corrected chi connectivity index (χ2v) is 6.95. The number of carbonyl (C=O) groups is 2. The van der Waals surface area contributed by atoms with Crippen LogP contribution < -0.4 is 10.6 Å². The van der Waals surface area contributed by atoms with Crippen LogP contribution in [0, 0.1) is 0 Å². The number of nitrogens with one attached hydrogen (secondary N) is 2. The normalized spacial score (nSPS) is 10.5. The minimum atomic E-state index is -0.334. The summed E-state index contributed by atoms with van der Waals surface area (Å²) >= 11 is 1.46. The molecule has 0 bridgehead atoms. The second kappa shape index (κ2) is 8.49. The molecule has 0 saturated carbocycles. The third-order valence-electron chi connectivity index (χ3n) is 3.95. The van der Waals surface area contributed by atoms with Crippen molar-refractivity contribution in [3.8, 4) is 10.7 Å². The smallest absolute Gasteiger partial charge is 0.291 e. The summed E-state index contributed by atoms with van der Waals surface area (Å²) < 4.78 is 5.05. The predicted octanol–water partition coefficient (Wildman–Crippen LogP) is 4.23. The Morgan fingerprint density at radius 3 is 2.45 bits per heavy atom. The highest BCUT2D eigenvalue weighted by molar-refractivity contribution is 7.13. The van der Waals surface area contributed by atoms with Gasteiger partial charge in [0.1, 0.15) is 5.01 Å². The average molecular weight is 404 g/mol. The number of hydrogen-bond acceptors (Lipinski definition) is 6. The van der Waals surface area contributed by atoms with Gasteiger partial charge in [0.15, 0.2) is 5.76 Å². The van der Waals surface area contributed by atoms with E-state index in [9.17, 15) is 9.59 Å². The first kappa shape index (κ1) is 18.6. The summed E-state index contributed by atoms with van der Waals surface area (Å²) in [4.78, 5) is 33.0. The maximum absolute atomic E-state index is 12.3. The minimum Gasteiger partial charge on any atom is -0.459 e. The number of nitrogens with zero attached hydrogens (tertiary/aromatic N) is 2. The molecule has 0 unspecified atom stereocenters. The van der Waals surface area contributed by atoms with Crippen LogP contribution in [0.25, 0.3) is 10.7 Å². The van der Waals surface area contributed by atoms with Crippen LogP contribution in [0.4, 0.5) is 11.4 Å². The van der Waals surface area contributed by atoms with E-state index < -0.39 is 0 Å². The van der Waals surface area contributed by atoms with Crippen molar-refractivity contribution in [2.24, 2.45) is 0 Å². The number of thiazole rings is 1. The molecular formula is C21H16N4O3S. The van der Waals surface area contributed by atoms with Crippen LogP contribution in [0.5, 0.6) is 0 Å². The van der Waals surface area contributed by atoms with E-state index >= 15 is 0 Å². The lowest BCUT2D eigenvalue weighted by Crippen LogP contribution is -2.15. The molecule has 0 atom stereocenters. The van der Waals surface area contributed by atoms with Crippen molar-refractivity contribution in [2.45, 2.75) is 6.42 Å². The molecule has 3 heterocycles. The first-order valence-electron chi connectivity index (χ1n) is 8.78. The SMILES string of the molecule is O=C(Cc1csc(-c2ccccn2)n1)Nc1ccc(NC(=O)c2ccco2)cc1. The van der Waals surface area contributed by atoms with Crippen LogP contribution in [0.1, 0.15) is 16.2 Å². The summed E-state index contributed by atoms with van der Waals surface area (Å²) in [6, 6.07) is 15.7. The van der Waals surface area contributed by atoms with Gasteiger partial charge in [0.25, 0.3) is 5.91 Å². The van der Waals surface area contributed by atoms with E-state index in [1.165, 1.54) is 17.6 Å². The molecular weight excluding hydrogens is 388 g/mol. The molecule has 0 saturated heterocycles. The first-order chi connectivity index (χ1) is 14.2. The van der Waals surface area contributed by atoms with Crippen molar-refractivity contribution >= 4 is 34.5 Å². The average Bonchev–Trinajstić information content (AvgIpc) is 3.42.